The highest BCUT2D eigenvalue weighted by molar-refractivity contribution is 8.13. The Morgan fingerprint density at radius 3 is 2.57 bits per heavy atom. The Balaban J connectivity index is 2.06. The van der Waals surface area contributed by atoms with Gasteiger partial charge in [-0.05, 0) is 19.8 Å². The van der Waals surface area contributed by atoms with E-state index in [1.807, 2.05) is 6.92 Å². The molecule has 1 aliphatic rings. The lowest BCUT2D eigenvalue weighted by Gasteiger charge is -2.23. The van der Waals surface area contributed by atoms with Crippen molar-refractivity contribution < 1.29 is 16.2 Å². The molecule has 11 heteroatoms. The summed E-state index contributed by atoms with van der Waals surface area (Å²) >= 11 is -0.522. The number of hydrogen-bond donors (Lipinski definition) is 0. The van der Waals surface area contributed by atoms with Gasteiger partial charge in [-0.3, -0.25) is 0 Å². The number of anilines is 1. The van der Waals surface area contributed by atoms with Crippen molar-refractivity contribution in [1.82, 2.24) is 14.6 Å². The second-order valence-corrected chi connectivity index (χ2v) is 8.96. The van der Waals surface area contributed by atoms with Crippen LogP contribution in [0.15, 0.2) is 12.3 Å². The lowest BCUT2D eigenvalue weighted by molar-refractivity contribution is 0.544. The number of sulfone groups is 1. The van der Waals surface area contributed by atoms with E-state index in [1.54, 1.807) is 12.3 Å². The van der Waals surface area contributed by atoms with E-state index in [2.05, 4.69) is 10.1 Å². The minimum Gasteiger partial charge on any atom is -0.233 e. The predicted molar refractivity (Wildman–Crippen MR) is 88.2 cm³/mol. The third-order valence-electron chi connectivity index (χ3n) is 3.93. The first-order valence-electron chi connectivity index (χ1n) is 6.88. The molecule has 0 saturated carbocycles. The molecule has 0 N–H and O–H groups in total. The van der Waals surface area contributed by atoms with E-state index in [9.17, 15) is 16.2 Å². The average molecular weight is 380 g/mol. The highest BCUT2D eigenvalue weighted by Crippen LogP contribution is 2.36. The summed E-state index contributed by atoms with van der Waals surface area (Å²) in [5, 5.41) is 4.10. The largest absolute Gasteiger partial charge is 0.233 e. The molecule has 2 aromatic rings. The van der Waals surface area contributed by atoms with Crippen LogP contribution in [-0.2, 0) is 9.84 Å². The molecule has 126 valence electrons. The molecule has 3 rings (SSSR count). The Bertz CT molecular complexity index is 809. The third kappa shape index (κ3) is 3.26. The van der Waals surface area contributed by atoms with Crippen LogP contribution in [0.2, 0.25) is 0 Å². The minimum atomic E-state index is -2.98. The van der Waals surface area contributed by atoms with Gasteiger partial charge in [-0.2, -0.15) is 13.3 Å². The van der Waals surface area contributed by atoms with Gasteiger partial charge in [0, 0.05) is 23.2 Å². The summed E-state index contributed by atoms with van der Waals surface area (Å²) in [5.41, 5.74) is 1.93. The SMILES string of the molecule is Cc1cnn2c(N(SF)SF)cc(C3CCS(=O)(=O)CC3)nc12. The fourth-order valence-corrected chi connectivity index (χ4v) is 4.66. The highest BCUT2D eigenvalue weighted by Gasteiger charge is 2.27. The van der Waals surface area contributed by atoms with Crippen molar-refractivity contribution >= 4 is 46.0 Å². The van der Waals surface area contributed by atoms with Crippen LogP contribution in [0.5, 0.6) is 0 Å². The van der Waals surface area contributed by atoms with Gasteiger partial charge in [-0.25, -0.2) is 13.4 Å². The van der Waals surface area contributed by atoms with Crippen molar-refractivity contribution in [2.24, 2.45) is 0 Å². The molecule has 23 heavy (non-hydrogen) atoms. The van der Waals surface area contributed by atoms with Crippen LogP contribution in [0.25, 0.3) is 5.65 Å². The zero-order valence-electron chi connectivity index (χ0n) is 12.1. The topological polar surface area (TPSA) is 67.6 Å². The van der Waals surface area contributed by atoms with Crippen LogP contribution >= 0.6 is 24.7 Å². The van der Waals surface area contributed by atoms with E-state index in [1.165, 1.54) is 4.52 Å². The van der Waals surface area contributed by atoms with Crippen molar-refractivity contribution in [2.45, 2.75) is 25.7 Å². The summed E-state index contributed by atoms with van der Waals surface area (Å²) in [6.45, 7) is 1.81. The van der Waals surface area contributed by atoms with Gasteiger partial charge in [0.2, 0.25) is 0 Å². The van der Waals surface area contributed by atoms with E-state index in [0.29, 0.717) is 24.2 Å². The quantitative estimate of drug-likeness (QED) is 0.755. The molecule has 0 aliphatic carbocycles. The molecule has 1 saturated heterocycles. The number of hydrogen-bond acceptors (Lipinski definition) is 7. The Hall–Kier alpha value is -1.07. The second kappa shape index (κ2) is 6.44. The zero-order chi connectivity index (χ0) is 16.6. The standard InChI is InChI=1S/C12H14F2N4O2S3/c1-8-7-15-17-11(18(21-13)22-14)6-10(16-12(8)17)9-2-4-23(19,20)5-3-9/h6-7,9H,2-5H2,1H3. The van der Waals surface area contributed by atoms with Crippen LogP contribution in [0, 0.1) is 6.92 Å². The van der Waals surface area contributed by atoms with E-state index in [-0.39, 0.29) is 47.9 Å². The lowest BCUT2D eigenvalue weighted by Crippen LogP contribution is -2.23. The number of fused-ring (bicyclic) bond motifs is 1. The van der Waals surface area contributed by atoms with Crippen LogP contribution in [-0.4, -0.2) is 34.5 Å². The van der Waals surface area contributed by atoms with Gasteiger partial charge in [0.25, 0.3) is 0 Å². The fraction of sp³-hybridized carbons (Fsp3) is 0.500. The van der Waals surface area contributed by atoms with Crippen LogP contribution in [0.1, 0.15) is 30.0 Å². The number of aryl methyl sites for hydroxylation is 1. The van der Waals surface area contributed by atoms with Crippen LogP contribution in [0.4, 0.5) is 13.6 Å². The summed E-state index contributed by atoms with van der Waals surface area (Å²) in [6.07, 6.45) is 2.50. The second-order valence-electron chi connectivity index (χ2n) is 5.42. The Morgan fingerprint density at radius 1 is 1.30 bits per heavy atom. The van der Waals surface area contributed by atoms with Gasteiger partial charge >= 0.3 is 0 Å². The normalized spacial score (nSPS) is 18.4. The maximum absolute atomic E-state index is 13.0. The number of rotatable bonds is 4. The molecule has 0 unspecified atom stereocenters. The highest BCUT2D eigenvalue weighted by atomic mass is 32.3. The smallest absolute Gasteiger partial charge is 0.179 e. The van der Waals surface area contributed by atoms with Gasteiger partial charge < -0.3 is 0 Å². The number of halogens is 2. The molecule has 0 spiro atoms. The number of nitrogens with zero attached hydrogens (tertiary/aromatic N) is 4. The van der Waals surface area contributed by atoms with Crippen molar-refractivity contribution in [3.8, 4) is 0 Å². The van der Waals surface area contributed by atoms with Crippen molar-refractivity contribution in [3.05, 3.63) is 23.5 Å². The molecular formula is C12H14F2N4O2S3. The monoisotopic (exact) mass is 380 g/mol. The van der Waals surface area contributed by atoms with E-state index >= 15 is 0 Å². The molecule has 0 amide bonds. The maximum Gasteiger partial charge on any atom is 0.179 e. The van der Waals surface area contributed by atoms with Gasteiger partial charge in [0.1, 0.15) is 9.84 Å². The third-order valence-corrected chi connectivity index (χ3v) is 6.61. The fourth-order valence-electron chi connectivity index (χ4n) is 2.68. The molecule has 2 aromatic heterocycles. The van der Waals surface area contributed by atoms with Crippen molar-refractivity contribution in [2.75, 3.05) is 15.2 Å². The summed E-state index contributed by atoms with van der Waals surface area (Å²) in [6, 6.07) is 1.57. The first-order valence-corrected chi connectivity index (χ1v) is 10.1. The van der Waals surface area contributed by atoms with Gasteiger partial charge in [0.05, 0.1) is 17.7 Å². The molecule has 6 nitrogen and oxygen atoms in total. The molecule has 1 fully saturated rings. The minimum absolute atomic E-state index is 0.0485. The van der Waals surface area contributed by atoms with Crippen molar-refractivity contribution in [3.63, 3.8) is 0 Å². The Labute approximate surface area is 141 Å². The molecule has 0 aromatic carbocycles. The summed E-state index contributed by atoms with van der Waals surface area (Å²) in [7, 11) is -2.98. The van der Waals surface area contributed by atoms with Crippen LogP contribution in [0.3, 0.4) is 0 Å². The maximum atomic E-state index is 13.0. The molecule has 3 heterocycles. The molecule has 0 radical (unpaired) electrons. The molecule has 0 atom stereocenters. The van der Waals surface area contributed by atoms with Crippen molar-refractivity contribution in [1.29, 1.82) is 0 Å². The van der Waals surface area contributed by atoms with E-state index in [4.69, 9.17) is 0 Å². The first kappa shape index (κ1) is 16.8. The van der Waals surface area contributed by atoms with Gasteiger partial charge in [-0.1, -0.05) is 0 Å². The molecule has 0 bridgehead atoms. The first-order chi connectivity index (χ1) is 10.9. The Kier molecular flexibility index (Phi) is 4.70. The zero-order valence-corrected chi connectivity index (χ0v) is 14.6. The summed E-state index contributed by atoms with van der Waals surface area (Å²) in [4.78, 5) is 4.53. The summed E-state index contributed by atoms with van der Waals surface area (Å²) < 4.78 is 51.3. The number of aromatic nitrogens is 3. The van der Waals surface area contributed by atoms with Crippen LogP contribution < -0.4 is 3.71 Å². The van der Waals surface area contributed by atoms with Gasteiger partial charge in [-0.15, -0.1) is 7.77 Å². The van der Waals surface area contributed by atoms with Gasteiger partial charge in [0.15, 0.2) is 36.1 Å². The van der Waals surface area contributed by atoms with E-state index < -0.39 is 9.84 Å². The predicted octanol–water partition coefficient (Wildman–Crippen LogP) is 3.20. The average Bonchev–Trinajstić information content (AvgIpc) is 2.90. The lowest BCUT2D eigenvalue weighted by atomic mass is 9.98. The Morgan fingerprint density at radius 2 is 1.96 bits per heavy atom. The van der Waals surface area contributed by atoms with E-state index in [0.717, 1.165) is 9.27 Å². The molecular weight excluding hydrogens is 366 g/mol. The summed E-state index contributed by atoms with van der Waals surface area (Å²) in [5.74, 6) is 0.383. The molecule has 1 aliphatic heterocycles.